The minimum Gasteiger partial charge on any atom is -0.427 e. The van der Waals surface area contributed by atoms with Gasteiger partial charge < -0.3 is 14.3 Å². The highest BCUT2D eigenvalue weighted by atomic mass is 31.2. The number of benzene rings is 3. The van der Waals surface area contributed by atoms with Crippen molar-refractivity contribution in [3.63, 3.8) is 0 Å². The largest absolute Gasteiger partial charge is 0.427 e. The molecule has 38 heavy (non-hydrogen) atoms. The Hall–Kier alpha value is -2.19. The van der Waals surface area contributed by atoms with Crippen molar-refractivity contribution in [2.75, 3.05) is 0 Å². The first-order chi connectivity index (χ1) is 18.5. The van der Waals surface area contributed by atoms with Crippen molar-refractivity contribution in [3.8, 4) is 28.0 Å². The Balaban J connectivity index is 2.43. The highest BCUT2D eigenvalue weighted by Gasteiger charge is 2.24. The molecular weight excluding hydrogens is 487 g/mol. The van der Waals surface area contributed by atoms with Gasteiger partial charge in [-0.3, -0.25) is 0 Å². The third-order valence-electron chi connectivity index (χ3n) is 7.44. The summed E-state index contributed by atoms with van der Waals surface area (Å²) in [6.45, 7) is 8.93. The van der Waals surface area contributed by atoms with Gasteiger partial charge in [-0.1, -0.05) is 102 Å². The van der Waals surface area contributed by atoms with E-state index in [9.17, 15) is 9.79 Å². The lowest BCUT2D eigenvalue weighted by atomic mass is 9.80. The first-order valence-corrected chi connectivity index (χ1v) is 15.9. The van der Waals surface area contributed by atoms with E-state index in [0.717, 1.165) is 88.2 Å². The van der Waals surface area contributed by atoms with Gasteiger partial charge in [-0.05, 0) is 102 Å². The summed E-state index contributed by atoms with van der Waals surface area (Å²) in [5.74, 6) is 0.635. The fourth-order valence-electron chi connectivity index (χ4n) is 5.42. The van der Waals surface area contributed by atoms with Crippen LogP contribution >= 0.6 is 8.60 Å². The molecule has 0 radical (unpaired) electrons. The van der Waals surface area contributed by atoms with Gasteiger partial charge in [-0.2, -0.15) is 0 Å². The zero-order valence-corrected chi connectivity index (χ0v) is 24.8. The van der Waals surface area contributed by atoms with E-state index in [0.29, 0.717) is 5.75 Å². The number of hydrogen-bond acceptors (Lipinski definition) is 3. The number of rotatable bonds is 16. The summed E-state index contributed by atoms with van der Waals surface area (Å²) in [4.78, 5) is 20.0. The average Bonchev–Trinajstić information content (AvgIpc) is 2.93. The van der Waals surface area contributed by atoms with Crippen LogP contribution < -0.4 is 4.52 Å². The van der Waals surface area contributed by atoms with E-state index >= 15 is 0 Å². The predicted molar refractivity (Wildman–Crippen MR) is 164 cm³/mol. The zero-order chi connectivity index (χ0) is 27.3. The highest BCUT2D eigenvalue weighted by Crippen LogP contribution is 2.46. The van der Waals surface area contributed by atoms with Gasteiger partial charge in [0.05, 0.1) is 0 Å². The molecule has 2 N–H and O–H groups in total. The molecule has 3 nitrogen and oxygen atoms in total. The fraction of sp³-hybridized carbons (Fsp3) is 0.471. The lowest BCUT2D eigenvalue weighted by molar-refractivity contribution is 0.373. The quantitative estimate of drug-likeness (QED) is 0.180. The molecule has 0 bridgehead atoms. The number of aryl methyl sites for hydroxylation is 2. The van der Waals surface area contributed by atoms with E-state index in [4.69, 9.17) is 4.52 Å². The molecule has 0 aliphatic heterocycles. The van der Waals surface area contributed by atoms with Crippen molar-refractivity contribution in [1.29, 1.82) is 0 Å². The predicted octanol–water partition coefficient (Wildman–Crippen LogP) is 9.98. The molecule has 0 unspecified atom stereocenters. The lowest BCUT2D eigenvalue weighted by Crippen LogP contribution is -2.06. The van der Waals surface area contributed by atoms with Gasteiger partial charge in [-0.25, -0.2) is 0 Å². The fourth-order valence-corrected chi connectivity index (χ4v) is 5.76. The Labute approximate surface area is 232 Å². The first-order valence-electron chi connectivity index (χ1n) is 14.8. The summed E-state index contributed by atoms with van der Waals surface area (Å²) in [5, 5.41) is 0. The van der Waals surface area contributed by atoms with Crippen molar-refractivity contribution in [2.45, 2.75) is 105 Å². The Morgan fingerprint density at radius 3 is 1.61 bits per heavy atom. The summed E-state index contributed by atoms with van der Waals surface area (Å²) in [6.07, 6.45) is 12.8. The maximum atomic E-state index is 9.98. The van der Waals surface area contributed by atoms with E-state index in [1.165, 1.54) is 33.4 Å². The van der Waals surface area contributed by atoms with Crippen molar-refractivity contribution < 1.29 is 14.3 Å². The molecule has 0 aliphatic rings. The van der Waals surface area contributed by atoms with Crippen LogP contribution in [0.15, 0.2) is 54.6 Å². The molecule has 3 rings (SSSR count). The van der Waals surface area contributed by atoms with Crippen LogP contribution in [0.1, 0.15) is 101 Å². The van der Waals surface area contributed by atoms with Crippen molar-refractivity contribution in [2.24, 2.45) is 0 Å². The second-order valence-corrected chi connectivity index (χ2v) is 11.0. The van der Waals surface area contributed by atoms with Crippen LogP contribution in [0.5, 0.6) is 5.75 Å². The summed E-state index contributed by atoms with van der Waals surface area (Å²) < 4.78 is 5.81. The third kappa shape index (κ3) is 7.92. The Kier molecular flexibility index (Phi) is 12.8. The number of unbranched alkanes of at least 4 members (excludes halogenated alkanes) is 4. The molecule has 3 aromatic carbocycles. The maximum absolute atomic E-state index is 9.98. The van der Waals surface area contributed by atoms with Gasteiger partial charge in [0, 0.05) is 0 Å². The molecule has 0 aliphatic carbocycles. The molecule has 0 heterocycles. The van der Waals surface area contributed by atoms with Gasteiger partial charge in [-0.15, -0.1) is 0 Å². The normalized spacial score (nSPS) is 11.3. The van der Waals surface area contributed by atoms with Crippen LogP contribution in [-0.4, -0.2) is 9.79 Å². The summed E-state index contributed by atoms with van der Waals surface area (Å²) in [6, 6.07) is 19.8. The molecule has 0 atom stereocenters. The Morgan fingerprint density at radius 1 is 0.579 bits per heavy atom. The van der Waals surface area contributed by atoms with Gasteiger partial charge in [0.15, 0.2) is 0 Å². The van der Waals surface area contributed by atoms with E-state index in [2.05, 4.69) is 82.3 Å². The molecule has 0 saturated carbocycles. The average molecular weight is 535 g/mol. The Morgan fingerprint density at radius 2 is 1.05 bits per heavy atom. The van der Waals surface area contributed by atoms with Gasteiger partial charge in [0.1, 0.15) is 5.75 Å². The molecule has 3 aromatic rings. The second-order valence-electron chi connectivity index (χ2n) is 10.3. The van der Waals surface area contributed by atoms with Crippen LogP contribution in [0.2, 0.25) is 0 Å². The van der Waals surface area contributed by atoms with Crippen molar-refractivity contribution in [1.82, 2.24) is 0 Å². The molecular formula is C34H47O3P. The smallest absolute Gasteiger partial charge is 0.391 e. The van der Waals surface area contributed by atoms with E-state index in [-0.39, 0.29) is 0 Å². The summed E-state index contributed by atoms with van der Waals surface area (Å²) >= 11 is 0. The molecule has 206 valence electrons. The molecule has 4 heteroatoms. The first kappa shape index (κ1) is 30.4. The minimum atomic E-state index is -2.51. The molecule has 0 fully saturated rings. The van der Waals surface area contributed by atoms with Crippen LogP contribution in [-0.2, 0) is 25.7 Å². The van der Waals surface area contributed by atoms with Crippen LogP contribution in [0.3, 0.4) is 0 Å². The molecule has 0 aromatic heterocycles. The third-order valence-corrected chi connectivity index (χ3v) is 7.80. The van der Waals surface area contributed by atoms with Crippen LogP contribution in [0.4, 0.5) is 0 Å². The maximum Gasteiger partial charge on any atom is 0.391 e. The minimum absolute atomic E-state index is 0.635. The summed E-state index contributed by atoms with van der Waals surface area (Å²) in [7, 11) is -2.51. The van der Waals surface area contributed by atoms with Gasteiger partial charge in [0.25, 0.3) is 0 Å². The molecule has 0 spiro atoms. The Bertz CT molecular complexity index is 1140. The van der Waals surface area contributed by atoms with E-state index < -0.39 is 8.60 Å². The second kappa shape index (κ2) is 16.0. The highest BCUT2D eigenvalue weighted by molar-refractivity contribution is 7.39. The van der Waals surface area contributed by atoms with Crippen molar-refractivity contribution in [3.05, 3.63) is 76.9 Å². The monoisotopic (exact) mass is 534 g/mol. The van der Waals surface area contributed by atoms with Gasteiger partial charge >= 0.3 is 8.60 Å². The molecule has 0 saturated heterocycles. The zero-order valence-electron chi connectivity index (χ0n) is 23.9. The lowest BCUT2D eigenvalue weighted by Gasteiger charge is -2.25. The van der Waals surface area contributed by atoms with Crippen molar-refractivity contribution >= 4 is 8.60 Å². The van der Waals surface area contributed by atoms with E-state index in [1.807, 2.05) is 0 Å². The topological polar surface area (TPSA) is 49.7 Å². The standard InChI is InChI=1S/C34H47O3P/c1-5-9-17-26-19-13-15-23-28(26)32-25-33(37-38(35)36)30(21-11-7-3)31(22-12-8-4)34(32)29-24-16-14-20-27(29)18-10-6-2/h13-16,19-20,23-25,35-36H,5-12,17-18,21-22H2,1-4H3. The van der Waals surface area contributed by atoms with Crippen LogP contribution in [0.25, 0.3) is 22.3 Å². The number of hydrogen-bond donors (Lipinski definition) is 2. The SMILES string of the molecule is CCCCc1ccccc1-c1cc(OP(O)O)c(CCCC)c(CCCC)c1-c1ccccc1CCCC. The summed E-state index contributed by atoms with van der Waals surface area (Å²) in [5.41, 5.74) is 10.2. The van der Waals surface area contributed by atoms with Crippen LogP contribution in [0, 0.1) is 0 Å². The van der Waals surface area contributed by atoms with Gasteiger partial charge in [0.2, 0.25) is 0 Å². The van der Waals surface area contributed by atoms with E-state index in [1.54, 1.807) is 0 Å². The molecule has 0 amide bonds.